The first-order valence-electron chi connectivity index (χ1n) is 6.98. The van der Waals surface area contributed by atoms with Gasteiger partial charge >= 0.3 is 0 Å². The molecular formula is C16H19N3O. The van der Waals surface area contributed by atoms with Crippen molar-refractivity contribution in [2.75, 3.05) is 0 Å². The molecule has 0 bridgehead atoms. The quantitative estimate of drug-likeness (QED) is 0.713. The fraction of sp³-hybridized carbons (Fsp3) is 0.375. The molecule has 0 spiro atoms. The number of nitrogens with zero attached hydrogens (tertiary/aromatic N) is 3. The van der Waals surface area contributed by atoms with Crippen LogP contribution in [0.15, 0.2) is 35.3 Å². The van der Waals surface area contributed by atoms with E-state index in [0.29, 0.717) is 11.8 Å². The molecule has 0 fully saturated rings. The Morgan fingerprint density at radius 3 is 2.55 bits per heavy atom. The van der Waals surface area contributed by atoms with Gasteiger partial charge in [0.15, 0.2) is 5.65 Å². The van der Waals surface area contributed by atoms with Gasteiger partial charge in [0.05, 0.1) is 12.0 Å². The van der Waals surface area contributed by atoms with Gasteiger partial charge in [-0.05, 0) is 17.5 Å². The summed E-state index contributed by atoms with van der Waals surface area (Å²) in [5.41, 5.74) is 4.02. The van der Waals surface area contributed by atoms with Crippen LogP contribution in [0.2, 0.25) is 0 Å². The number of furan rings is 1. The van der Waals surface area contributed by atoms with Crippen LogP contribution < -0.4 is 0 Å². The van der Waals surface area contributed by atoms with Crippen LogP contribution in [0, 0.1) is 0 Å². The molecule has 0 aliphatic heterocycles. The Labute approximate surface area is 118 Å². The van der Waals surface area contributed by atoms with Gasteiger partial charge in [-0.25, -0.2) is 9.97 Å². The minimum Gasteiger partial charge on any atom is -0.470 e. The SMILES string of the molecule is CC(C)c1cnc2c(c1)nc(C(C)C)n2-c1ccoc1. The number of hydrogen-bond donors (Lipinski definition) is 0. The smallest absolute Gasteiger partial charge is 0.164 e. The Bertz CT molecular complexity index is 724. The Hall–Kier alpha value is -2.10. The Morgan fingerprint density at radius 2 is 1.95 bits per heavy atom. The molecule has 4 heteroatoms. The second kappa shape index (κ2) is 4.78. The molecule has 0 aliphatic carbocycles. The van der Waals surface area contributed by atoms with E-state index in [-0.39, 0.29) is 0 Å². The number of hydrogen-bond acceptors (Lipinski definition) is 3. The van der Waals surface area contributed by atoms with Crippen molar-refractivity contribution in [1.29, 1.82) is 0 Å². The highest BCUT2D eigenvalue weighted by molar-refractivity contribution is 5.74. The van der Waals surface area contributed by atoms with Crippen molar-refractivity contribution >= 4 is 11.2 Å². The highest BCUT2D eigenvalue weighted by Gasteiger charge is 2.17. The first-order valence-corrected chi connectivity index (χ1v) is 6.98. The fourth-order valence-electron chi connectivity index (χ4n) is 2.34. The van der Waals surface area contributed by atoms with Crippen LogP contribution in [-0.2, 0) is 0 Å². The van der Waals surface area contributed by atoms with E-state index >= 15 is 0 Å². The maximum Gasteiger partial charge on any atom is 0.164 e. The highest BCUT2D eigenvalue weighted by atomic mass is 16.3. The van der Waals surface area contributed by atoms with Crippen molar-refractivity contribution < 1.29 is 4.42 Å². The van der Waals surface area contributed by atoms with Gasteiger partial charge in [-0.3, -0.25) is 4.57 Å². The predicted molar refractivity (Wildman–Crippen MR) is 79.3 cm³/mol. The van der Waals surface area contributed by atoms with Crippen molar-refractivity contribution in [3.8, 4) is 5.69 Å². The molecule has 3 heterocycles. The normalized spacial score (nSPS) is 11.9. The van der Waals surface area contributed by atoms with E-state index in [1.54, 1.807) is 12.5 Å². The monoisotopic (exact) mass is 269 g/mol. The van der Waals surface area contributed by atoms with Crippen molar-refractivity contribution in [3.63, 3.8) is 0 Å². The summed E-state index contributed by atoms with van der Waals surface area (Å²) < 4.78 is 7.28. The average molecular weight is 269 g/mol. The molecule has 3 rings (SSSR count). The van der Waals surface area contributed by atoms with Crippen LogP contribution in [0.3, 0.4) is 0 Å². The second-order valence-electron chi connectivity index (χ2n) is 5.71. The first kappa shape index (κ1) is 12.9. The van der Waals surface area contributed by atoms with Crippen LogP contribution in [0.1, 0.15) is 50.9 Å². The molecule has 0 saturated carbocycles. The van der Waals surface area contributed by atoms with E-state index < -0.39 is 0 Å². The molecule has 3 aromatic heterocycles. The third-order valence-corrected chi connectivity index (χ3v) is 3.49. The molecule has 4 nitrogen and oxygen atoms in total. The Kier molecular flexibility index (Phi) is 3.08. The molecule has 20 heavy (non-hydrogen) atoms. The lowest BCUT2D eigenvalue weighted by atomic mass is 10.1. The highest BCUT2D eigenvalue weighted by Crippen LogP contribution is 2.27. The molecule has 0 N–H and O–H groups in total. The van der Waals surface area contributed by atoms with Crippen molar-refractivity contribution in [3.05, 3.63) is 42.2 Å². The van der Waals surface area contributed by atoms with Crippen LogP contribution in [-0.4, -0.2) is 14.5 Å². The maximum atomic E-state index is 5.21. The minimum absolute atomic E-state index is 0.321. The Morgan fingerprint density at radius 1 is 1.15 bits per heavy atom. The zero-order valence-electron chi connectivity index (χ0n) is 12.3. The summed E-state index contributed by atoms with van der Waals surface area (Å²) in [6, 6.07) is 4.07. The van der Waals surface area contributed by atoms with E-state index in [2.05, 4.69) is 43.3 Å². The van der Waals surface area contributed by atoms with Gasteiger partial charge in [0.2, 0.25) is 0 Å². The van der Waals surface area contributed by atoms with Gasteiger partial charge in [0, 0.05) is 18.2 Å². The maximum absolute atomic E-state index is 5.21. The van der Waals surface area contributed by atoms with Crippen LogP contribution in [0.5, 0.6) is 0 Å². The lowest BCUT2D eigenvalue weighted by Crippen LogP contribution is -2.02. The third kappa shape index (κ3) is 2.01. The second-order valence-corrected chi connectivity index (χ2v) is 5.71. The van der Waals surface area contributed by atoms with Gasteiger partial charge in [-0.2, -0.15) is 0 Å². The molecule has 104 valence electrons. The lowest BCUT2D eigenvalue weighted by Gasteiger charge is -2.08. The molecule has 0 saturated heterocycles. The molecule has 0 atom stereocenters. The lowest BCUT2D eigenvalue weighted by molar-refractivity contribution is 0.565. The standard InChI is InChI=1S/C16H19N3O/c1-10(2)12-7-14-16(17-8-12)19(13-5-6-20-9-13)15(18-14)11(3)4/h5-11H,1-4H3. The molecule has 0 radical (unpaired) electrons. The predicted octanol–water partition coefficient (Wildman–Crippen LogP) is 4.26. The summed E-state index contributed by atoms with van der Waals surface area (Å²) in [5, 5.41) is 0. The summed E-state index contributed by atoms with van der Waals surface area (Å²) in [4.78, 5) is 9.39. The van der Waals surface area contributed by atoms with Gasteiger partial charge in [-0.1, -0.05) is 27.7 Å². The number of fused-ring (bicyclic) bond motifs is 1. The third-order valence-electron chi connectivity index (χ3n) is 3.49. The van der Waals surface area contributed by atoms with Gasteiger partial charge < -0.3 is 4.42 Å². The number of rotatable bonds is 3. The van der Waals surface area contributed by atoms with E-state index in [1.165, 1.54) is 5.56 Å². The first-order chi connectivity index (χ1) is 9.58. The molecular weight excluding hydrogens is 250 g/mol. The Balaban J connectivity index is 2.28. The molecule has 0 aliphatic rings. The molecule has 0 aromatic carbocycles. The number of aromatic nitrogens is 3. The van der Waals surface area contributed by atoms with Gasteiger partial charge in [0.1, 0.15) is 17.6 Å². The zero-order valence-corrected chi connectivity index (χ0v) is 12.3. The summed E-state index contributed by atoms with van der Waals surface area (Å²) in [6.45, 7) is 8.61. The van der Waals surface area contributed by atoms with Crippen LogP contribution >= 0.6 is 0 Å². The van der Waals surface area contributed by atoms with Crippen molar-refractivity contribution in [2.45, 2.75) is 39.5 Å². The largest absolute Gasteiger partial charge is 0.470 e. The summed E-state index contributed by atoms with van der Waals surface area (Å²) in [5.74, 6) is 1.78. The average Bonchev–Trinajstić information content (AvgIpc) is 3.03. The molecule has 0 unspecified atom stereocenters. The van der Waals surface area contributed by atoms with Crippen molar-refractivity contribution in [1.82, 2.24) is 14.5 Å². The van der Waals surface area contributed by atoms with Crippen LogP contribution in [0.25, 0.3) is 16.9 Å². The molecule has 3 aromatic rings. The number of imidazole rings is 1. The summed E-state index contributed by atoms with van der Waals surface area (Å²) in [7, 11) is 0. The van der Waals surface area contributed by atoms with E-state index in [9.17, 15) is 0 Å². The van der Waals surface area contributed by atoms with E-state index in [4.69, 9.17) is 9.40 Å². The van der Waals surface area contributed by atoms with E-state index in [0.717, 1.165) is 22.7 Å². The minimum atomic E-state index is 0.321. The number of pyridine rings is 1. The zero-order chi connectivity index (χ0) is 14.3. The van der Waals surface area contributed by atoms with E-state index in [1.807, 2.05) is 12.3 Å². The fourth-order valence-corrected chi connectivity index (χ4v) is 2.34. The topological polar surface area (TPSA) is 43.9 Å². The van der Waals surface area contributed by atoms with Crippen molar-refractivity contribution in [2.24, 2.45) is 0 Å². The summed E-state index contributed by atoms with van der Waals surface area (Å²) >= 11 is 0. The van der Waals surface area contributed by atoms with Crippen LogP contribution in [0.4, 0.5) is 0 Å². The van der Waals surface area contributed by atoms with Gasteiger partial charge in [-0.15, -0.1) is 0 Å². The summed E-state index contributed by atoms with van der Waals surface area (Å²) in [6.07, 6.45) is 5.34. The van der Waals surface area contributed by atoms with Gasteiger partial charge in [0.25, 0.3) is 0 Å². The molecule has 0 amide bonds.